The van der Waals surface area contributed by atoms with E-state index in [0.717, 1.165) is 26.1 Å². The zero-order chi connectivity index (χ0) is 12.0. The van der Waals surface area contributed by atoms with Crippen LogP contribution in [0, 0.1) is 0 Å². The molecule has 96 valence electrons. The van der Waals surface area contributed by atoms with Crippen LogP contribution < -0.4 is 5.73 Å². The third-order valence-corrected chi connectivity index (χ3v) is 3.37. The quantitative estimate of drug-likeness (QED) is 0.679. The molecule has 1 aliphatic rings. The minimum absolute atomic E-state index is 0.0722. The van der Waals surface area contributed by atoms with Gasteiger partial charge in [0, 0.05) is 38.3 Å². The fraction of sp³-hybridized carbons (Fsp3) is 1.00. The molecule has 1 rings (SSSR count). The van der Waals surface area contributed by atoms with Crippen LogP contribution >= 0.6 is 0 Å². The standard InChI is InChI=1S/C12H27N3O/c1-3-5-14-7-9-15(10-8-14)6-4-12(2,13)11-16/h16H,3-11,13H2,1-2H3. The summed E-state index contributed by atoms with van der Waals surface area (Å²) in [7, 11) is 0. The Bertz CT molecular complexity index is 189. The van der Waals surface area contributed by atoms with Gasteiger partial charge in [-0.05, 0) is 26.3 Å². The first-order chi connectivity index (χ1) is 7.57. The maximum absolute atomic E-state index is 9.08. The second-order valence-corrected chi connectivity index (χ2v) is 5.25. The fourth-order valence-electron chi connectivity index (χ4n) is 2.05. The molecule has 0 aliphatic carbocycles. The van der Waals surface area contributed by atoms with Gasteiger partial charge in [-0.25, -0.2) is 0 Å². The van der Waals surface area contributed by atoms with Gasteiger partial charge < -0.3 is 20.6 Å². The fourth-order valence-corrected chi connectivity index (χ4v) is 2.05. The molecular formula is C12H27N3O. The zero-order valence-electron chi connectivity index (χ0n) is 10.8. The van der Waals surface area contributed by atoms with Crippen LogP contribution in [0.2, 0.25) is 0 Å². The third kappa shape index (κ3) is 4.78. The summed E-state index contributed by atoms with van der Waals surface area (Å²) in [6, 6.07) is 0. The zero-order valence-corrected chi connectivity index (χ0v) is 10.8. The minimum Gasteiger partial charge on any atom is -0.394 e. The van der Waals surface area contributed by atoms with Gasteiger partial charge >= 0.3 is 0 Å². The summed E-state index contributed by atoms with van der Waals surface area (Å²) in [6.07, 6.45) is 2.11. The largest absolute Gasteiger partial charge is 0.394 e. The van der Waals surface area contributed by atoms with Crippen molar-refractivity contribution in [1.29, 1.82) is 0 Å². The van der Waals surface area contributed by atoms with Gasteiger partial charge in [-0.15, -0.1) is 0 Å². The summed E-state index contributed by atoms with van der Waals surface area (Å²) in [4.78, 5) is 4.97. The van der Waals surface area contributed by atoms with Gasteiger partial charge in [0.2, 0.25) is 0 Å². The van der Waals surface area contributed by atoms with Crippen molar-refractivity contribution in [3.63, 3.8) is 0 Å². The second-order valence-electron chi connectivity index (χ2n) is 5.25. The number of nitrogens with zero attached hydrogens (tertiary/aromatic N) is 2. The van der Waals surface area contributed by atoms with Gasteiger partial charge in [0.05, 0.1) is 6.61 Å². The molecule has 0 amide bonds. The normalized spacial score (nSPS) is 23.2. The maximum Gasteiger partial charge on any atom is 0.0608 e. The van der Waals surface area contributed by atoms with Crippen LogP contribution in [0.15, 0.2) is 0 Å². The first-order valence-electron chi connectivity index (χ1n) is 6.42. The topological polar surface area (TPSA) is 52.7 Å². The number of piperazine rings is 1. The summed E-state index contributed by atoms with van der Waals surface area (Å²) in [5.74, 6) is 0. The highest BCUT2D eigenvalue weighted by molar-refractivity contribution is 4.80. The average Bonchev–Trinajstić information content (AvgIpc) is 2.29. The SMILES string of the molecule is CCCN1CCN(CCC(C)(N)CO)CC1. The Balaban J connectivity index is 2.17. The van der Waals surface area contributed by atoms with Crippen LogP contribution in [0.5, 0.6) is 0 Å². The predicted octanol–water partition coefficient (Wildman–Crippen LogP) is 0.114. The van der Waals surface area contributed by atoms with Crippen LogP contribution in [0.25, 0.3) is 0 Å². The van der Waals surface area contributed by atoms with Crippen molar-refractivity contribution >= 4 is 0 Å². The van der Waals surface area contributed by atoms with E-state index in [9.17, 15) is 0 Å². The summed E-state index contributed by atoms with van der Waals surface area (Å²) in [6.45, 7) is 11.1. The molecule has 1 aliphatic heterocycles. The van der Waals surface area contributed by atoms with E-state index in [1.165, 1.54) is 26.1 Å². The molecule has 0 bridgehead atoms. The Morgan fingerprint density at radius 1 is 1.12 bits per heavy atom. The van der Waals surface area contributed by atoms with Crippen molar-refractivity contribution in [2.45, 2.75) is 32.2 Å². The molecule has 0 radical (unpaired) electrons. The highest BCUT2D eigenvalue weighted by Crippen LogP contribution is 2.08. The van der Waals surface area contributed by atoms with Crippen LogP contribution in [0.4, 0.5) is 0 Å². The van der Waals surface area contributed by atoms with E-state index in [1.807, 2.05) is 6.92 Å². The van der Waals surface area contributed by atoms with E-state index in [4.69, 9.17) is 10.8 Å². The highest BCUT2D eigenvalue weighted by Gasteiger charge is 2.21. The van der Waals surface area contributed by atoms with Crippen molar-refractivity contribution in [3.05, 3.63) is 0 Å². The maximum atomic E-state index is 9.08. The molecule has 4 nitrogen and oxygen atoms in total. The molecule has 0 saturated carbocycles. The summed E-state index contributed by atoms with van der Waals surface area (Å²) >= 11 is 0. The molecule has 3 N–H and O–H groups in total. The van der Waals surface area contributed by atoms with Crippen molar-refractivity contribution in [2.24, 2.45) is 5.73 Å². The molecule has 1 atom stereocenters. The van der Waals surface area contributed by atoms with E-state index < -0.39 is 5.54 Å². The van der Waals surface area contributed by atoms with Gasteiger partial charge in [0.25, 0.3) is 0 Å². The van der Waals surface area contributed by atoms with E-state index in [1.54, 1.807) is 0 Å². The van der Waals surface area contributed by atoms with Crippen LogP contribution in [0.3, 0.4) is 0 Å². The van der Waals surface area contributed by atoms with Gasteiger partial charge in [0.1, 0.15) is 0 Å². The number of aliphatic hydroxyl groups is 1. The number of hydrogen-bond donors (Lipinski definition) is 2. The molecule has 16 heavy (non-hydrogen) atoms. The molecule has 0 spiro atoms. The van der Waals surface area contributed by atoms with E-state index >= 15 is 0 Å². The summed E-state index contributed by atoms with van der Waals surface area (Å²) < 4.78 is 0. The molecule has 0 aromatic heterocycles. The van der Waals surface area contributed by atoms with Crippen LogP contribution in [-0.2, 0) is 0 Å². The lowest BCUT2D eigenvalue weighted by Crippen LogP contribution is -2.49. The second kappa shape index (κ2) is 6.55. The Morgan fingerprint density at radius 3 is 2.06 bits per heavy atom. The Kier molecular flexibility index (Phi) is 5.69. The Morgan fingerprint density at radius 2 is 1.62 bits per heavy atom. The number of aliphatic hydroxyl groups excluding tert-OH is 1. The minimum atomic E-state index is -0.416. The number of hydrogen-bond acceptors (Lipinski definition) is 4. The average molecular weight is 229 g/mol. The lowest BCUT2D eigenvalue weighted by molar-refractivity contribution is 0.116. The lowest BCUT2D eigenvalue weighted by atomic mass is 10.0. The van der Waals surface area contributed by atoms with Crippen molar-refractivity contribution in [1.82, 2.24) is 9.80 Å². The monoisotopic (exact) mass is 229 g/mol. The molecule has 1 unspecified atom stereocenters. The molecule has 4 heteroatoms. The van der Waals surface area contributed by atoms with E-state index in [0.29, 0.717) is 0 Å². The number of rotatable bonds is 6. The van der Waals surface area contributed by atoms with Gasteiger partial charge in [-0.1, -0.05) is 6.92 Å². The summed E-state index contributed by atoms with van der Waals surface area (Å²) in [5, 5.41) is 9.08. The van der Waals surface area contributed by atoms with Crippen molar-refractivity contribution in [3.8, 4) is 0 Å². The van der Waals surface area contributed by atoms with E-state index in [2.05, 4.69) is 16.7 Å². The van der Waals surface area contributed by atoms with Crippen molar-refractivity contribution < 1.29 is 5.11 Å². The lowest BCUT2D eigenvalue weighted by Gasteiger charge is -2.36. The molecule has 1 fully saturated rings. The van der Waals surface area contributed by atoms with Gasteiger partial charge in [-0.2, -0.15) is 0 Å². The van der Waals surface area contributed by atoms with Gasteiger partial charge in [-0.3, -0.25) is 0 Å². The van der Waals surface area contributed by atoms with E-state index in [-0.39, 0.29) is 6.61 Å². The summed E-state index contributed by atoms with van der Waals surface area (Å²) in [5.41, 5.74) is 5.50. The molecule has 0 aromatic carbocycles. The van der Waals surface area contributed by atoms with Crippen molar-refractivity contribution in [2.75, 3.05) is 45.9 Å². The predicted molar refractivity (Wildman–Crippen MR) is 67.5 cm³/mol. The smallest absolute Gasteiger partial charge is 0.0608 e. The molecule has 1 heterocycles. The highest BCUT2D eigenvalue weighted by atomic mass is 16.3. The molecule has 0 aromatic rings. The van der Waals surface area contributed by atoms with Gasteiger partial charge in [0.15, 0.2) is 0 Å². The number of nitrogens with two attached hydrogens (primary N) is 1. The van der Waals surface area contributed by atoms with Crippen LogP contribution in [-0.4, -0.2) is 66.3 Å². The first kappa shape index (κ1) is 13.9. The Labute approximate surface area is 99.4 Å². The first-order valence-corrected chi connectivity index (χ1v) is 6.42. The third-order valence-electron chi connectivity index (χ3n) is 3.37. The van der Waals surface area contributed by atoms with Crippen LogP contribution in [0.1, 0.15) is 26.7 Å². The Hall–Kier alpha value is -0.160. The molecule has 1 saturated heterocycles. The molecular weight excluding hydrogens is 202 g/mol.